The van der Waals surface area contributed by atoms with Gasteiger partial charge in [0, 0.05) is 12.6 Å². The van der Waals surface area contributed by atoms with Crippen LogP contribution in [0.1, 0.15) is 10.4 Å². The summed E-state index contributed by atoms with van der Waals surface area (Å²) in [5, 5.41) is 3.16. The first-order chi connectivity index (χ1) is 12.1. The van der Waals surface area contributed by atoms with Crippen LogP contribution < -0.4 is 9.46 Å². The number of ether oxygens (including phenoxy) is 1. The molecule has 1 atom stereocenters. The fourth-order valence-electron chi connectivity index (χ4n) is 1.94. The van der Waals surface area contributed by atoms with Crippen LogP contribution >= 0.6 is 23.2 Å². The van der Waals surface area contributed by atoms with Crippen LogP contribution in [-0.4, -0.2) is 33.6 Å². The second-order valence-electron chi connectivity index (χ2n) is 4.61. The average molecular weight is 432 g/mol. The lowest BCUT2D eigenvalue weighted by Crippen LogP contribution is -2.26. The molecule has 0 saturated heterocycles. The summed E-state index contributed by atoms with van der Waals surface area (Å²) in [5.74, 6) is -2.33. The Kier molecular flexibility index (Phi) is 6.50. The number of carbonyl (C=O) groups excluding carboxylic acids is 1. The molecule has 2 rings (SSSR count). The quantitative estimate of drug-likeness (QED) is 0.759. The highest BCUT2D eigenvalue weighted by Gasteiger charge is 2.24. The van der Waals surface area contributed by atoms with Crippen LogP contribution in [0, 0.1) is 5.82 Å². The van der Waals surface area contributed by atoms with Crippen molar-refractivity contribution in [2.24, 2.45) is 7.05 Å². The Hall–Kier alpha value is -1.82. The highest BCUT2D eigenvalue weighted by molar-refractivity contribution is 7.78. The van der Waals surface area contributed by atoms with Gasteiger partial charge in [-0.3, -0.25) is 8.98 Å². The normalized spacial score (nSPS) is 12.3. The second-order valence-corrected chi connectivity index (χ2v) is 6.41. The number of benzene rings is 1. The van der Waals surface area contributed by atoms with Crippen molar-refractivity contribution >= 4 is 40.4 Å². The van der Waals surface area contributed by atoms with E-state index in [0.717, 1.165) is 23.9 Å². The predicted octanol–water partition coefficient (Wildman–Crippen LogP) is 3.09. The monoisotopic (exact) mass is 431 g/mol. The molecule has 0 aliphatic carbocycles. The maximum absolute atomic E-state index is 14.3. The van der Waals surface area contributed by atoms with E-state index < -0.39 is 35.5 Å². The molecule has 1 amide bonds. The van der Waals surface area contributed by atoms with Gasteiger partial charge >= 0.3 is 6.61 Å². The minimum Gasteiger partial charge on any atom is -0.416 e. The molecule has 1 aromatic carbocycles. The third-order valence-electron chi connectivity index (χ3n) is 3.02. The molecule has 142 valence electrons. The Morgan fingerprint density at radius 2 is 2.04 bits per heavy atom. The summed E-state index contributed by atoms with van der Waals surface area (Å²) < 4.78 is 61.9. The summed E-state index contributed by atoms with van der Waals surface area (Å²) in [7, 11) is 2.35. The number of alkyl halides is 2. The number of carbonyl (C=O) groups is 1. The van der Waals surface area contributed by atoms with Crippen LogP contribution in [-0.2, 0) is 22.5 Å². The summed E-state index contributed by atoms with van der Waals surface area (Å²) in [5.41, 5.74) is -0.806. The van der Waals surface area contributed by atoms with Crippen molar-refractivity contribution in [2.45, 2.75) is 6.61 Å². The van der Waals surface area contributed by atoms with E-state index in [2.05, 4.69) is 14.0 Å². The number of hydrogen-bond donors (Lipinski definition) is 1. The van der Waals surface area contributed by atoms with Crippen molar-refractivity contribution in [1.29, 1.82) is 0 Å². The molecule has 2 aromatic rings. The highest BCUT2D eigenvalue weighted by atomic mass is 35.5. The van der Waals surface area contributed by atoms with Gasteiger partial charge in [0.1, 0.15) is 16.5 Å². The van der Waals surface area contributed by atoms with Gasteiger partial charge < -0.3 is 4.74 Å². The van der Waals surface area contributed by atoms with Gasteiger partial charge in [-0.15, -0.1) is 0 Å². The SMILES string of the molecule is COS(=O)NC(=O)c1cc(-c2nn(C)c(OC(F)F)c2Cl)c(F)cc1Cl. The van der Waals surface area contributed by atoms with Crippen LogP contribution in [0.4, 0.5) is 13.2 Å². The fraction of sp³-hybridized carbons (Fsp3) is 0.231. The van der Waals surface area contributed by atoms with E-state index in [4.69, 9.17) is 23.2 Å². The Morgan fingerprint density at radius 1 is 1.38 bits per heavy atom. The summed E-state index contributed by atoms with van der Waals surface area (Å²) in [6, 6.07) is 1.79. The van der Waals surface area contributed by atoms with Crippen molar-refractivity contribution in [2.75, 3.05) is 7.11 Å². The number of nitrogens with zero attached hydrogens (tertiary/aromatic N) is 2. The van der Waals surface area contributed by atoms with E-state index in [1.165, 1.54) is 7.05 Å². The average Bonchev–Trinajstić information content (AvgIpc) is 2.82. The lowest BCUT2D eigenvalue weighted by Gasteiger charge is -2.08. The molecule has 0 aliphatic heterocycles. The lowest BCUT2D eigenvalue weighted by molar-refractivity contribution is -0.0552. The Balaban J connectivity index is 2.53. The van der Waals surface area contributed by atoms with Gasteiger partial charge in [-0.25, -0.2) is 18.0 Å². The maximum atomic E-state index is 14.3. The topological polar surface area (TPSA) is 82.5 Å². The number of amides is 1. The molecule has 1 aromatic heterocycles. The molecule has 0 aliphatic rings. The number of aromatic nitrogens is 2. The first-order valence-electron chi connectivity index (χ1n) is 6.59. The van der Waals surface area contributed by atoms with Crippen LogP contribution in [0.3, 0.4) is 0 Å². The van der Waals surface area contributed by atoms with Gasteiger partial charge in [-0.1, -0.05) is 23.2 Å². The molecule has 26 heavy (non-hydrogen) atoms. The minimum atomic E-state index is -3.17. The van der Waals surface area contributed by atoms with Gasteiger partial charge in [-0.05, 0) is 12.1 Å². The number of aryl methyl sites for hydroxylation is 1. The zero-order valence-corrected chi connectivity index (χ0v) is 15.4. The predicted molar refractivity (Wildman–Crippen MR) is 87.9 cm³/mol. The lowest BCUT2D eigenvalue weighted by atomic mass is 10.1. The largest absolute Gasteiger partial charge is 0.416 e. The summed E-state index contributed by atoms with van der Waals surface area (Å²) in [6.45, 7) is -3.17. The summed E-state index contributed by atoms with van der Waals surface area (Å²) in [4.78, 5) is 12.1. The third-order valence-corrected chi connectivity index (χ3v) is 4.33. The maximum Gasteiger partial charge on any atom is 0.388 e. The standard InChI is InChI=1S/C13H10Cl2F3N3O4S/c1-21-12(25-13(17)18)9(15)10(19-21)6-3-5(7(14)4-8(6)16)11(22)20-26(23)24-2/h3-4,13H,1-2H3,(H,20,22). The number of nitrogens with one attached hydrogen (secondary N) is 1. The molecule has 0 fully saturated rings. The van der Waals surface area contributed by atoms with Gasteiger partial charge in [0.2, 0.25) is 5.88 Å². The Bertz CT molecular complexity index is 879. The third kappa shape index (κ3) is 4.29. The van der Waals surface area contributed by atoms with E-state index in [1.807, 2.05) is 4.72 Å². The van der Waals surface area contributed by atoms with E-state index in [1.54, 1.807) is 0 Å². The van der Waals surface area contributed by atoms with Crippen LogP contribution in [0.15, 0.2) is 12.1 Å². The highest BCUT2D eigenvalue weighted by Crippen LogP contribution is 2.38. The molecule has 1 N–H and O–H groups in total. The number of halogens is 5. The second kappa shape index (κ2) is 8.25. The molecule has 0 radical (unpaired) electrons. The Morgan fingerprint density at radius 3 is 2.62 bits per heavy atom. The van der Waals surface area contributed by atoms with E-state index >= 15 is 0 Å². The van der Waals surface area contributed by atoms with Crippen LogP contribution in [0.25, 0.3) is 11.3 Å². The van der Waals surface area contributed by atoms with Crippen molar-refractivity contribution < 1.29 is 31.1 Å². The summed E-state index contributed by atoms with van der Waals surface area (Å²) >= 11 is 9.65. The first-order valence-corrected chi connectivity index (χ1v) is 8.42. The Labute approximate surface area is 157 Å². The molecule has 1 unspecified atom stereocenters. The van der Waals surface area contributed by atoms with E-state index in [0.29, 0.717) is 0 Å². The van der Waals surface area contributed by atoms with Crippen molar-refractivity contribution in [3.8, 4) is 17.1 Å². The summed E-state index contributed by atoms with van der Waals surface area (Å²) in [6.07, 6.45) is 0. The van der Waals surface area contributed by atoms with Crippen LogP contribution in [0.5, 0.6) is 5.88 Å². The molecular formula is C13H10Cl2F3N3O4S. The van der Waals surface area contributed by atoms with Crippen molar-refractivity contribution in [3.63, 3.8) is 0 Å². The smallest absolute Gasteiger partial charge is 0.388 e. The molecule has 0 saturated carbocycles. The number of hydrogen-bond acceptors (Lipinski definition) is 5. The molecular weight excluding hydrogens is 422 g/mol. The first kappa shape index (κ1) is 20.5. The van der Waals surface area contributed by atoms with Gasteiger partial charge in [0.15, 0.2) is 0 Å². The van der Waals surface area contributed by atoms with Gasteiger partial charge in [0.25, 0.3) is 17.2 Å². The molecule has 1 heterocycles. The molecule has 13 heteroatoms. The fourth-order valence-corrected chi connectivity index (χ4v) is 2.83. The van der Waals surface area contributed by atoms with Crippen LogP contribution in [0.2, 0.25) is 10.0 Å². The molecule has 0 bridgehead atoms. The van der Waals surface area contributed by atoms with E-state index in [-0.39, 0.29) is 26.9 Å². The van der Waals surface area contributed by atoms with Gasteiger partial charge in [0.05, 0.1) is 17.7 Å². The van der Waals surface area contributed by atoms with E-state index in [9.17, 15) is 22.2 Å². The van der Waals surface area contributed by atoms with Crippen molar-refractivity contribution in [1.82, 2.24) is 14.5 Å². The van der Waals surface area contributed by atoms with Gasteiger partial charge in [-0.2, -0.15) is 13.9 Å². The molecule has 0 spiro atoms. The number of rotatable bonds is 6. The minimum absolute atomic E-state index is 0.249. The zero-order valence-electron chi connectivity index (χ0n) is 13.1. The molecule has 7 nitrogen and oxygen atoms in total. The van der Waals surface area contributed by atoms with Crippen molar-refractivity contribution in [3.05, 3.63) is 33.6 Å². The zero-order chi connectivity index (χ0) is 19.6.